The molecule has 3 atom stereocenters. The highest BCUT2D eigenvalue weighted by molar-refractivity contribution is 6.35. The molecule has 18 heteroatoms. The predicted octanol–water partition coefficient (Wildman–Crippen LogP) is 7.92. The molecule has 0 spiro atoms. The van der Waals surface area contributed by atoms with Gasteiger partial charge in [0.1, 0.15) is 28.6 Å². The van der Waals surface area contributed by atoms with Crippen molar-refractivity contribution in [3.05, 3.63) is 99.8 Å². The number of amides is 3. The molecule has 1 unspecified atom stereocenters. The monoisotopic (exact) mass is 834 g/mol. The van der Waals surface area contributed by atoms with Crippen molar-refractivity contribution in [2.45, 2.75) is 96.3 Å². The fourth-order valence-electron chi connectivity index (χ4n) is 6.38. The van der Waals surface area contributed by atoms with Gasteiger partial charge in [-0.05, 0) is 89.4 Å². The van der Waals surface area contributed by atoms with Gasteiger partial charge in [0.2, 0.25) is 11.9 Å². The summed E-state index contributed by atoms with van der Waals surface area (Å²) in [5.74, 6) is -4.32. The molecule has 0 radical (unpaired) electrons. The van der Waals surface area contributed by atoms with Crippen LogP contribution in [0.5, 0.6) is 5.75 Å². The number of rotatable bonds is 13. The molecule has 2 N–H and O–H groups in total. The first kappa shape index (κ1) is 42.9. The number of anilines is 2. The molecule has 1 aliphatic heterocycles. The van der Waals surface area contributed by atoms with Gasteiger partial charge in [0.05, 0.1) is 33.2 Å². The van der Waals surface area contributed by atoms with Crippen LogP contribution in [0, 0.1) is 5.82 Å². The number of carbonyl (C=O) groups is 4. The van der Waals surface area contributed by atoms with Crippen molar-refractivity contribution in [3.8, 4) is 5.75 Å². The van der Waals surface area contributed by atoms with E-state index in [2.05, 4.69) is 25.3 Å². The predicted molar refractivity (Wildman–Crippen MR) is 203 cm³/mol. The molecule has 4 aromatic rings. The Kier molecular flexibility index (Phi) is 12.3. The third kappa shape index (κ3) is 9.67. The SMILES string of the molecule is CC[C@](C)(NC(=O)C(CCC(=O)OC(C)(C)C)NC(=O)c1cnc2n1[C@](C)(Cc1ccc(OC(F)(F)F)cc1)C(=O)N2c1cc(Cl)c(F)c(Cl)c1)c1ccccn1. The van der Waals surface area contributed by atoms with Crippen molar-refractivity contribution in [2.24, 2.45) is 0 Å². The minimum atomic E-state index is -4.93. The van der Waals surface area contributed by atoms with Crippen LogP contribution in [0.4, 0.5) is 29.2 Å². The standard InChI is InChI=1S/C39H40Cl2F4N6O6/c1-7-37(5,29-10-8-9-17-46-29)49-32(53)27(15-16-30(52)57-36(2,3)4)48-33(54)28-21-47-35-50(23-18-25(40)31(42)26(41)19-23)34(55)38(6,51(28)35)20-22-11-13-24(14-12-22)56-39(43,44)45/h8-14,17-19,21,27H,7,15-16,20H2,1-6H3,(H,48,54)(H,49,53)/t27?,37-,38+/m0/s1. The summed E-state index contributed by atoms with van der Waals surface area (Å²) in [6.45, 7) is 10.2. The van der Waals surface area contributed by atoms with E-state index in [-0.39, 0.29) is 36.6 Å². The molecular formula is C39H40Cl2F4N6O6. The van der Waals surface area contributed by atoms with Crippen molar-refractivity contribution in [2.75, 3.05) is 4.90 Å². The highest BCUT2D eigenvalue weighted by Gasteiger charge is 2.51. The lowest BCUT2D eigenvalue weighted by Gasteiger charge is -2.31. The fraction of sp³-hybridized carbons (Fsp3) is 0.385. The van der Waals surface area contributed by atoms with E-state index in [4.69, 9.17) is 27.9 Å². The topological polar surface area (TPSA) is 145 Å². The van der Waals surface area contributed by atoms with Gasteiger partial charge in [-0.2, -0.15) is 0 Å². The third-order valence-electron chi connectivity index (χ3n) is 9.28. The molecule has 1 aliphatic rings. The number of carbonyl (C=O) groups excluding carboxylic acids is 4. The molecular weight excluding hydrogens is 795 g/mol. The first-order valence-corrected chi connectivity index (χ1v) is 18.5. The van der Waals surface area contributed by atoms with Crippen molar-refractivity contribution in [1.29, 1.82) is 0 Å². The Bertz CT molecular complexity index is 2140. The van der Waals surface area contributed by atoms with Crippen LogP contribution in [0.1, 0.15) is 82.6 Å². The van der Waals surface area contributed by atoms with Crippen molar-refractivity contribution in [1.82, 2.24) is 25.2 Å². The molecule has 12 nitrogen and oxygen atoms in total. The van der Waals surface area contributed by atoms with Crippen LogP contribution in [0.3, 0.4) is 0 Å². The Morgan fingerprint density at radius 1 is 0.982 bits per heavy atom. The van der Waals surface area contributed by atoms with E-state index >= 15 is 0 Å². The molecule has 2 aromatic heterocycles. The molecule has 0 aliphatic carbocycles. The molecule has 3 amide bonds. The number of fused-ring (bicyclic) bond motifs is 1. The zero-order chi connectivity index (χ0) is 42.1. The number of benzene rings is 2. The highest BCUT2D eigenvalue weighted by atomic mass is 35.5. The molecule has 5 rings (SSSR count). The first-order valence-electron chi connectivity index (χ1n) is 17.7. The van der Waals surface area contributed by atoms with Gasteiger partial charge in [0.25, 0.3) is 11.8 Å². The van der Waals surface area contributed by atoms with Gasteiger partial charge in [-0.1, -0.05) is 48.3 Å². The number of ether oxygens (including phenoxy) is 2. The number of nitrogens with zero attached hydrogens (tertiary/aromatic N) is 4. The molecule has 0 bridgehead atoms. The lowest BCUT2D eigenvalue weighted by molar-refractivity contribution is -0.274. The molecule has 0 fully saturated rings. The second-order valence-corrected chi connectivity index (χ2v) is 15.6. The number of halogens is 6. The van der Waals surface area contributed by atoms with E-state index < -0.39 is 74.4 Å². The average Bonchev–Trinajstić information content (AvgIpc) is 3.65. The van der Waals surface area contributed by atoms with Gasteiger partial charge in [-0.3, -0.25) is 28.7 Å². The smallest absolute Gasteiger partial charge is 0.460 e. The van der Waals surface area contributed by atoms with Crippen LogP contribution < -0.4 is 20.3 Å². The largest absolute Gasteiger partial charge is 0.573 e. The number of aromatic nitrogens is 3. The Labute approximate surface area is 335 Å². The highest BCUT2D eigenvalue weighted by Crippen LogP contribution is 2.44. The van der Waals surface area contributed by atoms with E-state index in [0.717, 1.165) is 29.2 Å². The summed E-state index contributed by atoms with van der Waals surface area (Å²) in [6.07, 6.45) is -2.40. The number of pyridine rings is 1. The second-order valence-electron chi connectivity index (χ2n) is 14.8. The Hall–Kier alpha value is -5.22. The minimum Gasteiger partial charge on any atom is -0.460 e. The summed E-state index contributed by atoms with van der Waals surface area (Å²) in [5.41, 5.74) is -2.76. The van der Waals surface area contributed by atoms with E-state index in [1.807, 2.05) is 6.92 Å². The van der Waals surface area contributed by atoms with E-state index in [1.165, 1.54) is 29.8 Å². The normalized spacial score (nSPS) is 17.1. The third-order valence-corrected chi connectivity index (χ3v) is 9.83. The molecule has 304 valence electrons. The van der Waals surface area contributed by atoms with Crippen LogP contribution in [0.25, 0.3) is 0 Å². The second kappa shape index (κ2) is 16.3. The lowest BCUT2D eigenvalue weighted by Crippen LogP contribution is -2.53. The molecule has 0 saturated carbocycles. The lowest BCUT2D eigenvalue weighted by atomic mass is 9.91. The van der Waals surface area contributed by atoms with Crippen molar-refractivity contribution >= 4 is 58.5 Å². The zero-order valence-corrected chi connectivity index (χ0v) is 33.3. The van der Waals surface area contributed by atoms with Crippen LogP contribution in [0.15, 0.2) is 67.0 Å². The Morgan fingerprint density at radius 3 is 2.19 bits per heavy atom. The van der Waals surface area contributed by atoms with Gasteiger partial charge in [0.15, 0.2) is 5.82 Å². The van der Waals surface area contributed by atoms with E-state index in [1.54, 1.807) is 52.1 Å². The first-order chi connectivity index (χ1) is 26.5. The summed E-state index contributed by atoms with van der Waals surface area (Å²) in [7, 11) is 0. The number of imidazole rings is 1. The number of hydrogen-bond acceptors (Lipinski definition) is 8. The average molecular weight is 836 g/mol. The number of alkyl halides is 3. The van der Waals surface area contributed by atoms with Crippen LogP contribution in [-0.4, -0.2) is 56.2 Å². The van der Waals surface area contributed by atoms with Crippen molar-refractivity contribution in [3.63, 3.8) is 0 Å². The summed E-state index contributed by atoms with van der Waals surface area (Å²) in [4.78, 5) is 65.6. The Morgan fingerprint density at radius 2 is 1.63 bits per heavy atom. The van der Waals surface area contributed by atoms with Crippen LogP contribution in [-0.2, 0) is 36.6 Å². The van der Waals surface area contributed by atoms with Crippen LogP contribution >= 0.6 is 23.2 Å². The van der Waals surface area contributed by atoms with Gasteiger partial charge in [-0.25, -0.2) is 14.3 Å². The summed E-state index contributed by atoms with van der Waals surface area (Å²) in [5, 5.41) is 4.86. The van der Waals surface area contributed by atoms with Gasteiger partial charge in [-0.15, -0.1) is 13.2 Å². The Balaban J connectivity index is 1.54. The van der Waals surface area contributed by atoms with Gasteiger partial charge >= 0.3 is 12.3 Å². The van der Waals surface area contributed by atoms with E-state index in [0.29, 0.717) is 17.7 Å². The zero-order valence-electron chi connectivity index (χ0n) is 31.8. The summed E-state index contributed by atoms with van der Waals surface area (Å²) >= 11 is 12.2. The molecule has 0 saturated heterocycles. The molecule has 3 heterocycles. The van der Waals surface area contributed by atoms with Gasteiger partial charge < -0.3 is 20.1 Å². The quantitative estimate of drug-likeness (QED) is 0.0786. The van der Waals surface area contributed by atoms with Crippen molar-refractivity contribution < 1.29 is 46.2 Å². The number of nitrogens with one attached hydrogen (secondary N) is 2. The van der Waals surface area contributed by atoms with Crippen LogP contribution in [0.2, 0.25) is 10.0 Å². The minimum absolute atomic E-state index is 0.0100. The van der Waals surface area contributed by atoms with E-state index in [9.17, 15) is 36.7 Å². The maximum absolute atomic E-state index is 14.5. The molecule has 57 heavy (non-hydrogen) atoms. The summed E-state index contributed by atoms with van der Waals surface area (Å²) in [6, 6.07) is 11.0. The maximum atomic E-state index is 14.5. The summed E-state index contributed by atoms with van der Waals surface area (Å²) < 4.78 is 63.9. The number of hydrogen-bond donors (Lipinski definition) is 2. The maximum Gasteiger partial charge on any atom is 0.573 e. The molecule has 2 aromatic carbocycles. The number of esters is 1. The fourth-order valence-corrected chi connectivity index (χ4v) is 6.85. The van der Waals surface area contributed by atoms with Gasteiger partial charge in [0, 0.05) is 19.0 Å².